The SMILES string of the molecule is [O]=[Ti](=[O])[SH]. The topological polar surface area (TPSA) is 34.1 Å². The molecule has 0 aliphatic rings. The Morgan fingerprint density at radius 1 is 1.50 bits per heavy atom. The predicted molar refractivity (Wildman–Crippen MR) is 10.4 cm³/mol. The maximum atomic E-state index is 9.00. The van der Waals surface area contributed by atoms with Crippen LogP contribution in [0.15, 0.2) is 0 Å². The second-order valence-corrected chi connectivity index (χ2v) is 2.60. The van der Waals surface area contributed by atoms with Gasteiger partial charge in [-0.3, -0.25) is 0 Å². The molecule has 0 atom stereocenters. The molecule has 0 saturated carbocycles. The van der Waals surface area contributed by atoms with E-state index in [1.165, 1.54) is 0 Å². The number of hydrogen-bond donors (Lipinski definition) is 1. The summed E-state index contributed by atoms with van der Waals surface area (Å²) in [6.07, 6.45) is 0. The van der Waals surface area contributed by atoms with Gasteiger partial charge >= 0.3 is 33.4 Å². The molecule has 0 saturated heterocycles. The average molecular weight is 113 g/mol. The quantitative estimate of drug-likeness (QED) is 0.358. The van der Waals surface area contributed by atoms with Gasteiger partial charge in [0.05, 0.1) is 0 Å². The fourth-order valence-corrected chi connectivity index (χ4v) is 0. The first-order valence-corrected chi connectivity index (χ1v) is 4.45. The maximum absolute atomic E-state index is 9.00. The van der Waals surface area contributed by atoms with Gasteiger partial charge in [0.15, 0.2) is 0 Å². The molecule has 0 bridgehead atoms. The Balaban J connectivity index is 3.51. The van der Waals surface area contributed by atoms with Crippen LogP contribution in [0.4, 0.5) is 0 Å². The predicted octanol–water partition coefficient (Wildman–Crippen LogP) is 0.140. The third-order valence-corrected chi connectivity index (χ3v) is 0. The zero-order valence-corrected chi connectivity index (χ0v) is 4.22. The summed E-state index contributed by atoms with van der Waals surface area (Å²) < 4.78 is 18.0. The fraction of sp³-hybridized carbons (Fsp3) is 0. The number of hydrogen-bond acceptors (Lipinski definition) is 2. The summed E-state index contributed by atoms with van der Waals surface area (Å²) in [5, 5.41) is 0. The van der Waals surface area contributed by atoms with Gasteiger partial charge in [0.1, 0.15) is 0 Å². The third kappa shape index (κ3) is 16.7. The van der Waals surface area contributed by atoms with Gasteiger partial charge in [0.25, 0.3) is 0 Å². The molecule has 0 spiro atoms. The van der Waals surface area contributed by atoms with Crippen LogP contribution in [0.5, 0.6) is 0 Å². The molecule has 0 aromatic carbocycles. The van der Waals surface area contributed by atoms with E-state index < -0.39 is 16.5 Å². The summed E-state index contributed by atoms with van der Waals surface area (Å²) in [6, 6.07) is 0. The van der Waals surface area contributed by atoms with Crippen LogP contribution in [-0.4, -0.2) is 0 Å². The molecule has 0 radical (unpaired) electrons. The first-order chi connectivity index (χ1) is 1.73. The molecular weight excluding hydrogens is 112 g/mol. The van der Waals surface area contributed by atoms with Gasteiger partial charge in [0.2, 0.25) is 0 Å². The Hall–Kier alpha value is 0.664. The Labute approximate surface area is 33.7 Å². The van der Waals surface area contributed by atoms with Crippen molar-refractivity contribution in [1.29, 1.82) is 0 Å². The van der Waals surface area contributed by atoms with E-state index in [4.69, 9.17) is 6.65 Å². The molecule has 0 unspecified atom stereocenters. The van der Waals surface area contributed by atoms with Gasteiger partial charge in [-0.15, -0.1) is 0 Å². The van der Waals surface area contributed by atoms with Crippen LogP contribution in [0.3, 0.4) is 0 Å². The van der Waals surface area contributed by atoms with Crippen LogP contribution >= 0.6 is 10.2 Å². The van der Waals surface area contributed by atoms with E-state index in [9.17, 15) is 0 Å². The normalized spacial score (nSPS) is 6.25. The molecule has 4 heavy (non-hydrogen) atoms. The Morgan fingerprint density at radius 2 is 1.50 bits per heavy atom. The summed E-state index contributed by atoms with van der Waals surface area (Å²) in [5.41, 5.74) is 0. The van der Waals surface area contributed by atoms with Crippen molar-refractivity contribution in [3.8, 4) is 0 Å². The first kappa shape index (κ1) is 4.66. The summed E-state index contributed by atoms with van der Waals surface area (Å²) in [5.74, 6) is 0. The Bertz CT molecular complexity index is 54.4. The van der Waals surface area contributed by atoms with Gasteiger partial charge in [-0.1, -0.05) is 0 Å². The summed E-state index contributed by atoms with van der Waals surface area (Å²) in [7, 11) is 3.02. The van der Waals surface area contributed by atoms with Crippen molar-refractivity contribution < 1.29 is 23.2 Å². The second-order valence-electron chi connectivity index (χ2n) is 0.266. The van der Waals surface area contributed by atoms with Crippen molar-refractivity contribution in [2.24, 2.45) is 0 Å². The van der Waals surface area contributed by atoms with Crippen LogP contribution < -0.4 is 0 Å². The Morgan fingerprint density at radius 3 is 1.50 bits per heavy atom. The summed E-state index contributed by atoms with van der Waals surface area (Å²) in [6.45, 7) is 0. The first-order valence-electron chi connectivity index (χ1n) is 0.632. The van der Waals surface area contributed by atoms with E-state index in [0.717, 1.165) is 0 Å². The second kappa shape index (κ2) is 1.94. The molecule has 0 amide bonds. The molecular formula is HO2STi. The Kier molecular flexibility index (Phi) is 2.26. The van der Waals surface area contributed by atoms with Gasteiger partial charge in [0, 0.05) is 0 Å². The molecule has 0 aromatic rings. The van der Waals surface area contributed by atoms with E-state index in [2.05, 4.69) is 10.2 Å². The van der Waals surface area contributed by atoms with E-state index in [1.54, 1.807) is 0 Å². The number of rotatable bonds is 0. The molecule has 0 heterocycles. The van der Waals surface area contributed by atoms with Gasteiger partial charge in [-0.25, -0.2) is 0 Å². The zero-order valence-electron chi connectivity index (χ0n) is 1.76. The van der Waals surface area contributed by atoms with E-state index in [0.29, 0.717) is 0 Å². The molecule has 0 N–H and O–H groups in total. The minimum atomic E-state index is -3.14. The van der Waals surface area contributed by atoms with Gasteiger partial charge in [-0.2, -0.15) is 0 Å². The molecule has 0 rings (SSSR count). The van der Waals surface area contributed by atoms with Crippen LogP contribution in [0.1, 0.15) is 0 Å². The van der Waals surface area contributed by atoms with Crippen LogP contribution in [0.25, 0.3) is 0 Å². The van der Waals surface area contributed by atoms with Crippen molar-refractivity contribution in [2.45, 2.75) is 0 Å². The van der Waals surface area contributed by atoms with Crippen molar-refractivity contribution in [2.75, 3.05) is 0 Å². The summed E-state index contributed by atoms with van der Waals surface area (Å²) in [4.78, 5) is 0. The third-order valence-electron chi connectivity index (χ3n) is 0. The van der Waals surface area contributed by atoms with Crippen LogP contribution in [0, 0.1) is 0 Å². The van der Waals surface area contributed by atoms with Crippen LogP contribution in [0.2, 0.25) is 0 Å². The van der Waals surface area contributed by atoms with Gasteiger partial charge in [-0.05, 0) is 0 Å². The minimum absolute atomic E-state index is 3.02. The van der Waals surface area contributed by atoms with Crippen molar-refractivity contribution in [3.05, 3.63) is 0 Å². The number of thiol groups is 1. The molecule has 23 valence electrons. The summed E-state index contributed by atoms with van der Waals surface area (Å²) >= 11 is -3.14. The molecule has 0 fully saturated rings. The van der Waals surface area contributed by atoms with Crippen LogP contribution in [-0.2, 0) is 23.2 Å². The molecule has 2 nitrogen and oxygen atoms in total. The van der Waals surface area contributed by atoms with E-state index in [-0.39, 0.29) is 0 Å². The van der Waals surface area contributed by atoms with Crippen molar-refractivity contribution in [3.63, 3.8) is 0 Å². The van der Waals surface area contributed by atoms with Gasteiger partial charge < -0.3 is 0 Å². The average Bonchev–Trinajstić information content (AvgIpc) is 0.811. The zero-order chi connectivity index (χ0) is 3.58. The molecule has 4 heteroatoms. The van der Waals surface area contributed by atoms with E-state index >= 15 is 0 Å². The van der Waals surface area contributed by atoms with Crippen molar-refractivity contribution >= 4 is 10.2 Å². The molecule has 0 aliphatic heterocycles. The standard InChI is InChI=1S/2O.H2S.Ti/h;;1H2;/q;;;+1/p-1. The molecule has 0 aromatic heterocycles. The van der Waals surface area contributed by atoms with Crippen molar-refractivity contribution in [1.82, 2.24) is 0 Å². The fourth-order valence-electron chi connectivity index (χ4n) is 0. The molecule has 0 aliphatic carbocycles. The monoisotopic (exact) mass is 113 g/mol. The van der Waals surface area contributed by atoms with E-state index in [1.807, 2.05) is 0 Å².